The molecule has 1 aromatic rings. The summed E-state index contributed by atoms with van der Waals surface area (Å²) in [5.41, 5.74) is 8.10. The van der Waals surface area contributed by atoms with Crippen molar-refractivity contribution in [2.45, 2.75) is 32.4 Å². The molecule has 0 aromatic heterocycles. The van der Waals surface area contributed by atoms with Gasteiger partial charge in [-0.2, -0.15) is 0 Å². The second-order valence-electron chi connectivity index (χ2n) is 4.12. The number of benzene rings is 1. The van der Waals surface area contributed by atoms with E-state index in [9.17, 15) is 0 Å². The van der Waals surface area contributed by atoms with E-state index in [0.29, 0.717) is 0 Å². The number of methoxy groups -OCH3 is 1. The number of nitrogens with two attached hydrogens (primary N) is 1. The smallest absolute Gasteiger partial charge is 0.124 e. The monoisotopic (exact) mass is 207 g/mol. The van der Waals surface area contributed by atoms with E-state index in [2.05, 4.69) is 6.92 Å². The fourth-order valence-electron chi connectivity index (χ4n) is 1.99. The molecule has 1 aliphatic rings. The van der Waals surface area contributed by atoms with Crippen LogP contribution < -0.4 is 15.2 Å². The Morgan fingerprint density at radius 3 is 2.87 bits per heavy atom. The van der Waals surface area contributed by atoms with Gasteiger partial charge in [0.15, 0.2) is 0 Å². The third-order valence-electron chi connectivity index (χ3n) is 2.74. The molecular weight excluding hydrogens is 190 g/mol. The maximum absolute atomic E-state index is 5.88. The zero-order valence-corrected chi connectivity index (χ0v) is 9.41. The Balaban J connectivity index is 2.46. The Hall–Kier alpha value is -1.22. The van der Waals surface area contributed by atoms with Crippen molar-refractivity contribution in [1.82, 2.24) is 0 Å². The number of rotatable bonds is 2. The molecule has 0 bridgehead atoms. The summed E-state index contributed by atoms with van der Waals surface area (Å²) in [6.07, 6.45) is 1.21. The molecule has 1 heterocycles. The van der Waals surface area contributed by atoms with Crippen LogP contribution >= 0.6 is 0 Å². The van der Waals surface area contributed by atoms with Crippen molar-refractivity contribution in [2.75, 3.05) is 7.11 Å². The highest BCUT2D eigenvalue weighted by atomic mass is 16.5. The van der Waals surface area contributed by atoms with E-state index in [-0.39, 0.29) is 12.1 Å². The summed E-state index contributed by atoms with van der Waals surface area (Å²) in [5.74, 6) is 1.82. The number of hydrogen-bond donors (Lipinski definition) is 1. The summed E-state index contributed by atoms with van der Waals surface area (Å²) < 4.78 is 11.0. The molecule has 2 N–H and O–H groups in total. The first-order chi connectivity index (χ1) is 7.11. The van der Waals surface area contributed by atoms with Crippen molar-refractivity contribution in [2.24, 2.45) is 5.73 Å². The molecule has 0 aliphatic carbocycles. The Bertz CT molecular complexity index is 374. The lowest BCUT2D eigenvalue weighted by atomic mass is 10.0. The van der Waals surface area contributed by atoms with Crippen molar-refractivity contribution in [1.29, 1.82) is 0 Å². The molecule has 0 saturated carbocycles. The predicted molar refractivity (Wildman–Crippen MR) is 59.4 cm³/mol. The second-order valence-corrected chi connectivity index (χ2v) is 4.12. The minimum atomic E-state index is -0.0373. The van der Waals surface area contributed by atoms with Gasteiger partial charge in [-0.15, -0.1) is 0 Å². The maximum Gasteiger partial charge on any atom is 0.124 e. The van der Waals surface area contributed by atoms with Crippen molar-refractivity contribution < 1.29 is 9.47 Å². The largest absolute Gasteiger partial charge is 0.496 e. The molecular formula is C12H17NO2. The van der Waals surface area contributed by atoms with E-state index in [4.69, 9.17) is 15.2 Å². The SMILES string of the molecule is COc1cc2c(cc1C(C)N)OC(C)C2. The predicted octanol–water partition coefficient (Wildman–Crippen LogP) is 2.04. The van der Waals surface area contributed by atoms with Gasteiger partial charge in [0.2, 0.25) is 0 Å². The lowest BCUT2D eigenvalue weighted by Gasteiger charge is -2.13. The topological polar surface area (TPSA) is 44.5 Å². The Kier molecular flexibility index (Phi) is 2.57. The third-order valence-corrected chi connectivity index (χ3v) is 2.74. The van der Waals surface area contributed by atoms with Crippen LogP contribution in [-0.4, -0.2) is 13.2 Å². The Morgan fingerprint density at radius 1 is 1.53 bits per heavy atom. The first-order valence-electron chi connectivity index (χ1n) is 5.25. The lowest BCUT2D eigenvalue weighted by molar-refractivity contribution is 0.254. The average molecular weight is 207 g/mol. The van der Waals surface area contributed by atoms with E-state index in [1.807, 2.05) is 19.1 Å². The summed E-state index contributed by atoms with van der Waals surface area (Å²) >= 11 is 0. The van der Waals surface area contributed by atoms with Crippen molar-refractivity contribution in [3.05, 3.63) is 23.3 Å². The minimum Gasteiger partial charge on any atom is -0.496 e. The molecule has 1 aliphatic heterocycles. The molecule has 0 spiro atoms. The first-order valence-corrected chi connectivity index (χ1v) is 5.25. The van der Waals surface area contributed by atoms with Gasteiger partial charge in [-0.25, -0.2) is 0 Å². The highest BCUT2D eigenvalue weighted by molar-refractivity contribution is 5.49. The van der Waals surface area contributed by atoms with Gasteiger partial charge in [-0.05, 0) is 26.0 Å². The van der Waals surface area contributed by atoms with Gasteiger partial charge in [0.1, 0.15) is 17.6 Å². The third kappa shape index (κ3) is 1.79. The first kappa shape index (κ1) is 10.3. The molecule has 0 fully saturated rings. The van der Waals surface area contributed by atoms with Crippen LogP contribution in [0.4, 0.5) is 0 Å². The zero-order chi connectivity index (χ0) is 11.0. The second kappa shape index (κ2) is 3.74. The minimum absolute atomic E-state index is 0.0373. The number of fused-ring (bicyclic) bond motifs is 1. The molecule has 0 amide bonds. The standard InChI is InChI=1S/C12H17NO2/c1-7-4-9-5-12(14-3)10(8(2)13)6-11(9)15-7/h5-8H,4,13H2,1-3H3. The van der Waals surface area contributed by atoms with E-state index < -0.39 is 0 Å². The quantitative estimate of drug-likeness (QED) is 0.807. The lowest BCUT2D eigenvalue weighted by Crippen LogP contribution is -2.07. The van der Waals surface area contributed by atoms with E-state index in [1.165, 1.54) is 5.56 Å². The molecule has 2 unspecified atom stereocenters. The van der Waals surface area contributed by atoms with Crippen LogP contribution in [0.1, 0.15) is 31.0 Å². The molecule has 1 aromatic carbocycles. The molecule has 3 heteroatoms. The van der Waals surface area contributed by atoms with Crippen molar-refractivity contribution in [3.8, 4) is 11.5 Å². The van der Waals surface area contributed by atoms with E-state index in [0.717, 1.165) is 23.5 Å². The molecule has 0 saturated heterocycles. The number of ether oxygens (including phenoxy) is 2. The van der Waals surface area contributed by atoms with Gasteiger partial charge in [-0.1, -0.05) is 0 Å². The van der Waals surface area contributed by atoms with Gasteiger partial charge in [0.05, 0.1) is 7.11 Å². The normalized spacial score (nSPS) is 20.7. The number of hydrogen-bond acceptors (Lipinski definition) is 3. The maximum atomic E-state index is 5.88. The summed E-state index contributed by atoms with van der Waals surface area (Å²) in [6, 6.07) is 4.00. The van der Waals surface area contributed by atoms with Crippen LogP contribution in [0.25, 0.3) is 0 Å². The highest BCUT2D eigenvalue weighted by Gasteiger charge is 2.22. The van der Waals surface area contributed by atoms with Gasteiger partial charge in [-0.3, -0.25) is 0 Å². The molecule has 15 heavy (non-hydrogen) atoms. The van der Waals surface area contributed by atoms with Gasteiger partial charge in [0, 0.05) is 23.6 Å². The summed E-state index contributed by atoms with van der Waals surface area (Å²) in [7, 11) is 1.67. The van der Waals surface area contributed by atoms with Crippen LogP contribution in [0.5, 0.6) is 11.5 Å². The molecule has 0 radical (unpaired) electrons. The van der Waals surface area contributed by atoms with Crippen LogP contribution in [0, 0.1) is 0 Å². The fraction of sp³-hybridized carbons (Fsp3) is 0.500. The Labute approximate surface area is 90.2 Å². The van der Waals surface area contributed by atoms with Gasteiger partial charge >= 0.3 is 0 Å². The van der Waals surface area contributed by atoms with Gasteiger partial charge in [0.25, 0.3) is 0 Å². The van der Waals surface area contributed by atoms with Crippen LogP contribution in [0.3, 0.4) is 0 Å². The molecule has 3 nitrogen and oxygen atoms in total. The summed E-state index contributed by atoms with van der Waals surface area (Å²) in [4.78, 5) is 0. The average Bonchev–Trinajstić information content (AvgIpc) is 2.54. The van der Waals surface area contributed by atoms with Gasteiger partial charge < -0.3 is 15.2 Å². The van der Waals surface area contributed by atoms with Crippen LogP contribution in [-0.2, 0) is 6.42 Å². The van der Waals surface area contributed by atoms with E-state index in [1.54, 1.807) is 7.11 Å². The molecule has 82 valence electrons. The highest BCUT2D eigenvalue weighted by Crippen LogP contribution is 2.36. The molecule has 2 rings (SSSR count). The zero-order valence-electron chi connectivity index (χ0n) is 9.41. The van der Waals surface area contributed by atoms with Crippen molar-refractivity contribution >= 4 is 0 Å². The molecule has 2 atom stereocenters. The van der Waals surface area contributed by atoms with Crippen LogP contribution in [0.15, 0.2) is 12.1 Å². The van der Waals surface area contributed by atoms with Crippen molar-refractivity contribution in [3.63, 3.8) is 0 Å². The fourth-order valence-corrected chi connectivity index (χ4v) is 1.99. The summed E-state index contributed by atoms with van der Waals surface area (Å²) in [5, 5.41) is 0. The summed E-state index contributed by atoms with van der Waals surface area (Å²) in [6.45, 7) is 4.01. The van der Waals surface area contributed by atoms with Crippen LogP contribution in [0.2, 0.25) is 0 Å². The Morgan fingerprint density at radius 2 is 2.27 bits per heavy atom. The van der Waals surface area contributed by atoms with E-state index >= 15 is 0 Å².